The number of carbonyl (C=O) groups excluding carboxylic acids is 1. The zero-order chi connectivity index (χ0) is 27.5. The summed E-state index contributed by atoms with van der Waals surface area (Å²) in [6, 6.07) is 15.4. The van der Waals surface area contributed by atoms with Crippen molar-refractivity contribution in [1.82, 2.24) is 19.8 Å². The van der Waals surface area contributed by atoms with Crippen molar-refractivity contribution in [3.8, 4) is 27.5 Å². The lowest BCUT2D eigenvalue weighted by Gasteiger charge is -2.24. The molecule has 1 aliphatic rings. The van der Waals surface area contributed by atoms with Gasteiger partial charge in [-0.15, -0.1) is 11.3 Å². The molecule has 3 heterocycles. The van der Waals surface area contributed by atoms with Crippen LogP contribution in [0.5, 0.6) is 0 Å². The van der Waals surface area contributed by atoms with Crippen molar-refractivity contribution >= 4 is 28.8 Å². The highest BCUT2D eigenvalue weighted by atomic mass is 35.5. The average molecular weight is 561 g/mol. The van der Waals surface area contributed by atoms with E-state index in [2.05, 4.69) is 31.3 Å². The summed E-state index contributed by atoms with van der Waals surface area (Å²) in [5.41, 5.74) is 6.22. The van der Waals surface area contributed by atoms with Crippen LogP contribution in [-0.2, 0) is 12.8 Å². The van der Waals surface area contributed by atoms with E-state index in [1.165, 1.54) is 11.3 Å². The molecule has 0 atom stereocenters. The molecule has 1 amide bonds. The van der Waals surface area contributed by atoms with Gasteiger partial charge in [0.1, 0.15) is 5.01 Å². The Morgan fingerprint density at radius 2 is 1.77 bits per heavy atom. The lowest BCUT2D eigenvalue weighted by Crippen LogP contribution is -2.36. The third kappa shape index (κ3) is 5.44. The van der Waals surface area contributed by atoms with Crippen LogP contribution < -0.4 is 10.9 Å². The highest BCUT2D eigenvalue weighted by Gasteiger charge is 2.26. The lowest BCUT2D eigenvalue weighted by atomic mass is 10.0. The van der Waals surface area contributed by atoms with Crippen molar-refractivity contribution in [3.63, 3.8) is 0 Å². The number of hydrogen-bond acceptors (Lipinski definition) is 5. The van der Waals surface area contributed by atoms with Crippen LogP contribution in [0.4, 0.5) is 0 Å². The van der Waals surface area contributed by atoms with Crippen molar-refractivity contribution in [2.75, 3.05) is 26.2 Å². The van der Waals surface area contributed by atoms with Crippen LogP contribution in [-0.4, -0.2) is 46.5 Å². The van der Waals surface area contributed by atoms with Crippen LogP contribution in [0, 0.1) is 6.92 Å². The second-order valence-electron chi connectivity index (χ2n) is 9.77. The molecule has 0 unspecified atom stereocenters. The Bertz CT molecular complexity index is 1530. The summed E-state index contributed by atoms with van der Waals surface area (Å²) in [6.07, 6.45) is 2.45. The normalized spacial score (nSPS) is 13.9. The molecule has 0 bridgehead atoms. The van der Waals surface area contributed by atoms with Gasteiger partial charge in [0.15, 0.2) is 0 Å². The fraction of sp³-hybridized carbons (Fsp3) is 0.323. The number of aryl methyl sites for hydroxylation is 2. The minimum Gasteiger partial charge on any atom is -0.337 e. The fourth-order valence-corrected chi connectivity index (χ4v) is 6.18. The van der Waals surface area contributed by atoms with Crippen molar-refractivity contribution in [2.24, 2.45) is 0 Å². The predicted octanol–water partition coefficient (Wildman–Crippen LogP) is 6.15. The third-order valence-electron chi connectivity index (χ3n) is 7.37. The van der Waals surface area contributed by atoms with E-state index in [-0.39, 0.29) is 11.5 Å². The molecule has 39 heavy (non-hydrogen) atoms. The Hall–Kier alpha value is -3.26. The van der Waals surface area contributed by atoms with Crippen LogP contribution in [0.25, 0.3) is 27.5 Å². The van der Waals surface area contributed by atoms with E-state index in [1.807, 2.05) is 47.5 Å². The van der Waals surface area contributed by atoms with E-state index in [0.29, 0.717) is 39.9 Å². The molecule has 0 spiro atoms. The average Bonchev–Trinajstić information content (AvgIpc) is 3.27. The molecule has 2 aromatic heterocycles. The molecule has 0 radical (unpaired) electrons. The van der Waals surface area contributed by atoms with Gasteiger partial charge in [0.05, 0.1) is 22.5 Å². The standard InChI is InChI=1S/C31H33ClN4O2S/c1-4-21-8-6-9-22(5-2)28(21)36-20(3)25(30(37)35-16-7-14-33-15-17-35)18-26(31(36)38)29-34-27(19-39-29)23-10-12-24(32)13-11-23/h6,8-13,18-19,33H,4-5,7,14-17H2,1-3H3. The molecule has 6 nitrogen and oxygen atoms in total. The van der Waals surface area contributed by atoms with Gasteiger partial charge in [-0.3, -0.25) is 14.2 Å². The van der Waals surface area contributed by atoms with Crippen molar-refractivity contribution in [2.45, 2.75) is 40.0 Å². The maximum atomic E-state index is 14.3. The number of nitrogens with one attached hydrogen (secondary N) is 1. The molecule has 1 fully saturated rings. The third-order valence-corrected chi connectivity index (χ3v) is 8.50. The van der Waals surface area contributed by atoms with Gasteiger partial charge in [-0.05, 0) is 62.1 Å². The van der Waals surface area contributed by atoms with Gasteiger partial charge >= 0.3 is 0 Å². The summed E-state index contributed by atoms with van der Waals surface area (Å²) in [7, 11) is 0. The first-order chi connectivity index (χ1) is 18.9. The topological polar surface area (TPSA) is 67.2 Å². The smallest absolute Gasteiger partial charge is 0.265 e. The van der Waals surface area contributed by atoms with Gasteiger partial charge in [0, 0.05) is 41.3 Å². The van der Waals surface area contributed by atoms with Gasteiger partial charge in [-0.1, -0.05) is 55.8 Å². The van der Waals surface area contributed by atoms with Crippen LogP contribution in [0.3, 0.4) is 0 Å². The Labute approximate surface area is 238 Å². The van der Waals surface area contributed by atoms with E-state index < -0.39 is 0 Å². The number of benzene rings is 2. The van der Waals surface area contributed by atoms with E-state index in [0.717, 1.165) is 60.4 Å². The summed E-state index contributed by atoms with van der Waals surface area (Å²) in [6.45, 7) is 9.05. The summed E-state index contributed by atoms with van der Waals surface area (Å²) < 4.78 is 1.76. The van der Waals surface area contributed by atoms with Crippen molar-refractivity contribution in [1.29, 1.82) is 0 Å². The minimum atomic E-state index is -0.158. The van der Waals surface area contributed by atoms with Gasteiger partial charge in [-0.2, -0.15) is 0 Å². The van der Waals surface area contributed by atoms with Gasteiger partial charge in [0.2, 0.25) is 0 Å². The minimum absolute atomic E-state index is 0.0484. The molecule has 202 valence electrons. The molecule has 1 saturated heterocycles. The second kappa shape index (κ2) is 11.9. The molecule has 1 N–H and O–H groups in total. The molecular formula is C31H33ClN4O2S. The van der Waals surface area contributed by atoms with Gasteiger partial charge in [0.25, 0.3) is 11.5 Å². The molecule has 0 saturated carbocycles. The number of aromatic nitrogens is 2. The lowest BCUT2D eigenvalue weighted by molar-refractivity contribution is 0.0765. The Morgan fingerprint density at radius 3 is 2.46 bits per heavy atom. The predicted molar refractivity (Wildman–Crippen MR) is 160 cm³/mol. The van der Waals surface area contributed by atoms with Crippen LogP contribution in [0.15, 0.2) is 58.7 Å². The summed E-state index contributed by atoms with van der Waals surface area (Å²) >= 11 is 7.49. The highest BCUT2D eigenvalue weighted by molar-refractivity contribution is 7.13. The molecule has 4 aromatic rings. The Kier molecular flexibility index (Phi) is 8.31. The number of rotatable bonds is 6. The Balaban J connectivity index is 1.73. The van der Waals surface area contributed by atoms with Gasteiger partial charge < -0.3 is 10.2 Å². The second-order valence-corrected chi connectivity index (χ2v) is 11.1. The zero-order valence-corrected chi connectivity index (χ0v) is 24.2. The van der Waals surface area contributed by atoms with Crippen molar-refractivity contribution < 1.29 is 4.79 Å². The van der Waals surface area contributed by atoms with Crippen LogP contribution in [0.1, 0.15) is 47.4 Å². The number of carbonyl (C=O) groups is 1. The maximum Gasteiger partial charge on any atom is 0.265 e. The molecule has 0 aliphatic carbocycles. The fourth-order valence-electron chi connectivity index (χ4n) is 5.21. The number of amides is 1. The number of nitrogens with zero attached hydrogens (tertiary/aromatic N) is 3. The summed E-state index contributed by atoms with van der Waals surface area (Å²) in [4.78, 5) is 35.0. The number of pyridine rings is 1. The molecule has 5 rings (SSSR count). The molecular weight excluding hydrogens is 528 g/mol. The zero-order valence-electron chi connectivity index (χ0n) is 22.6. The maximum absolute atomic E-state index is 14.3. The molecule has 2 aromatic carbocycles. The molecule has 1 aliphatic heterocycles. The number of para-hydroxylation sites is 1. The quantitative estimate of drug-likeness (QED) is 0.307. The first kappa shape index (κ1) is 27.3. The highest BCUT2D eigenvalue weighted by Crippen LogP contribution is 2.31. The van der Waals surface area contributed by atoms with Crippen LogP contribution in [0.2, 0.25) is 5.02 Å². The van der Waals surface area contributed by atoms with E-state index in [1.54, 1.807) is 10.6 Å². The largest absolute Gasteiger partial charge is 0.337 e. The van der Waals surface area contributed by atoms with Crippen LogP contribution >= 0.6 is 22.9 Å². The first-order valence-corrected chi connectivity index (χ1v) is 14.8. The van der Waals surface area contributed by atoms with Gasteiger partial charge in [-0.25, -0.2) is 4.98 Å². The summed E-state index contributed by atoms with van der Waals surface area (Å²) in [5, 5.41) is 6.57. The van der Waals surface area contributed by atoms with E-state index in [4.69, 9.17) is 16.6 Å². The number of halogens is 1. The van der Waals surface area contributed by atoms with E-state index in [9.17, 15) is 9.59 Å². The van der Waals surface area contributed by atoms with Crippen molar-refractivity contribution in [3.05, 3.63) is 91.7 Å². The SMILES string of the molecule is CCc1cccc(CC)c1-n1c(C)c(C(=O)N2CCCNCC2)cc(-c2nc(-c3ccc(Cl)cc3)cs2)c1=O. The molecule has 8 heteroatoms. The number of thiazole rings is 1. The number of hydrogen-bond donors (Lipinski definition) is 1. The first-order valence-electron chi connectivity index (χ1n) is 13.5. The monoisotopic (exact) mass is 560 g/mol. The van der Waals surface area contributed by atoms with E-state index >= 15 is 0 Å². The summed E-state index contributed by atoms with van der Waals surface area (Å²) in [5.74, 6) is -0.0484. The Morgan fingerprint density at radius 1 is 1.05 bits per heavy atom.